The van der Waals surface area contributed by atoms with Crippen LogP contribution in [0.2, 0.25) is 0 Å². The molecular weight excluding hydrogens is 380 g/mol. The molecule has 0 atom stereocenters. The van der Waals surface area contributed by atoms with E-state index in [0.29, 0.717) is 29.9 Å². The predicted molar refractivity (Wildman–Crippen MR) is 114 cm³/mol. The van der Waals surface area contributed by atoms with E-state index in [9.17, 15) is 9.59 Å². The van der Waals surface area contributed by atoms with E-state index in [0.717, 1.165) is 12.0 Å². The lowest BCUT2D eigenvalue weighted by atomic mass is 10.2. The zero-order valence-electron chi connectivity index (χ0n) is 16.9. The molecule has 0 aliphatic carbocycles. The minimum absolute atomic E-state index is 0.275. The highest BCUT2D eigenvalue weighted by molar-refractivity contribution is 5.93. The Morgan fingerprint density at radius 3 is 2.13 bits per heavy atom. The largest absolute Gasteiger partial charge is 0.494 e. The van der Waals surface area contributed by atoms with Crippen molar-refractivity contribution in [1.29, 1.82) is 0 Å². The van der Waals surface area contributed by atoms with E-state index in [2.05, 4.69) is 0 Å². The van der Waals surface area contributed by atoms with Crippen LogP contribution in [-0.4, -0.2) is 25.2 Å². The summed E-state index contributed by atoms with van der Waals surface area (Å²) in [6.07, 6.45) is 1.51. The number of hydrogen-bond acceptors (Lipinski definition) is 5. The molecule has 3 aromatic carbocycles. The van der Waals surface area contributed by atoms with E-state index in [4.69, 9.17) is 14.2 Å². The molecule has 0 heterocycles. The van der Waals surface area contributed by atoms with Gasteiger partial charge >= 0.3 is 11.9 Å². The van der Waals surface area contributed by atoms with Gasteiger partial charge in [-0.15, -0.1) is 0 Å². The highest BCUT2D eigenvalue weighted by Crippen LogP contribution is 2.19. The van der Waals surface area contributed by atoms with Crippen molar-refractivity contribution in [2.24, 2.45) is 0 Å². The van der Waals surface area contributed by atoms with Crippen molar-refractivity contribution in [1.82, 2.24) is 0 Å². The molecule has 0 fully saturated rings. The molecule has 3 rings (SSSR count). The zero-order chi connectivity index (χ0) is 21.2. The summed E-state index contributed by atoms with van der Waals surface area (Å²) in [5, 5.41) is 0. The first kappa shape index (κ1) is 21.1. The summed E-state index contributed by atoms with van der Waals surface area (Å²) < 4.78 is 16.3. The summed E-state index contributed by atoms with van der Waals surface area (Å²) in [6.45, 7) is 2.86. The Kier molecular flexibility index (Phi) is 7.61. The second kappa shape index (κ2) is 10.8. The van der Waals surface area contributed by atoms with Crippen molar-refractivity contribution in [2.45, 2.75) is 19.8 Å². The average Bonchev–Trinajstić information content (AvgIpc) is 2.78. The van der Waals surface area contributed by atoms with E-state index in [1.807, 2.05) is 37.3 Å². The first-order valence-corrected chi connectivity index (χ1v) is 9.92. The average molecular weight is 404 g/mol. The molecule has 0 bridgehead atoms. The number of benzene rings is 3. The standard InChI is InChI=1S/C25H24O5/c1-2-15-28-22-12-6-11-21(17-22)25(27)30-23-13-7-10-20(18-23)24(26)29-16-14-19-8-4-3-5-9-19/h3-13,17-18H,2,14-16H2,1H3. The van der Waals surface area contributed by atoms with E-state index < -0.39 is 11.9 Å². The molecule has 0 aliphatic rings. The zero-order valence-corrected chi connectivity index (χ0v) is 16.9. The van der Waals surface area contributed by atoms with Crippen LogP contribution >= 0.6 is 0 Å². The summed E-state index contributed by atoms with van der Waals surface area (Å²) in [5.74, 6) is -0.0928. The Labute approximate surface area is 176 Å². The Balaban J connectivity index is 1.58. The van der Waals surface area contributed by atoms with Gasteiger partial charge in [0.25, 0.3) is 0 Å². The van der Waals surface area contributed by atoms with Crippen molar-refractivity contribution in [3.8, 4) is 11.5 Å². The lowest BCUT2D eigenvalue weighted by Crippen LogP contribution is -2.11. The molecule has 3 aromatic rings. The third-order valence-corrected chi connectivity index (χ3v) is 4.29. The number of carbonyl (C=O) groups excluding carboxylic acids is 2. The molecule has 30 heavy (non-hydrogen) atoms. The maximum absolute atomic E-state index is 12.5. The van der Waals surface area contributed by atoms with Gasteiger partial charge in [-0.3, -0.25) is 0 Å². The van der Waals surface area contributed by atoms with Crippen LogP contribution in [0.3, 0.4) is 0 Å². The van der Waals surface area contributed by atoms with Crippen LogP contribution in [0.4, 0.5) is 0 Å². The van der Waals surface area contributed by atoms with Crippen molar-refractivity contribution in [3.63, 3.8) is 0 Å². The van der Waals surface area contributed by atoms with Crippen molar-refractivity contribution >= 4 is 11.9 Å². The first-order valence-electron chi connectivity index (χ1n) is 9.92. The molecule has 0 radical (unpaired) electrons. The summed E-state index contributed by atoms with van der Waals surface area (Å²) in [4.78, 5) is 24.8. The number of hydrogen-bond donors (Lipinski definition) is 0. The summed E-state index contributed by atoms with van der Waals surface area (Å²) >= 11 is 0. The fourth-order valence-electron chi connectivity index (χ4n) is 2.77. The van der Waals surface area contributed by atoms with Crippen LogP contribution in [0.15, 0.2) is 78.9 Å². The monoisotopic (exact) mass is 404 g/mol. The Bertz CT molecular complexity index is 982. The molecule has 0 spiro atoms. The van der Waals surface area contributed by atoms with Crippen LogP contribution < -0.4 is 9.47 Å². The van der Waals surface area contributed by atoms with E-state index in [1.165, 1.54) is 6.07 Å². The number of rotatable bonds is 9. The van der Waals surface area contributed by atoms with Gasteiger partial charge in [0.1, 0.15) is 11.5 Å². The van der Waals surface area contributed by atoms with Gasteiger partial charge in [0.15, 0.2) is 0 Å². The summed E-state index contributed by atoms with van der Waals surface area (Å²) in [5.41, 5.74) is 1.80. The highest BCUT2D eigenvalue weighted by atomic mass is 16.5. The number of carbonyl (C=O) groups is 2. The van der Waals surface area contributed by atoms with Gasteiger partial charge in [-0.1, -0.05) is 49.4 Å². The molecule has 0 aliphatic heterocycles. The molecule has 0 amide bonds. The fraction of sp³-hybridized carbons (Fsp3) is 0.200. The van der Waals surface area contributed by atoms with Crippen LogP contribution in [0, 0.1) is 0 Å². The lowest BCUT2D eigenvalue weighted by Gasteiger charge is -2.09. The van der Waals surface area contributed by atoms with Crippen LogP contribution in [0.5, 0.6) is 11.5 Å². The third-order valence-electron chi connectivity index (χ3n) is 4.29. The maximum atomic E-state index is 12.5. The molecule has 0 saturated carbocycles. The first-order chi connectivity index (χ1) is 14.7. The smallest absolute Gasteiger partial charge is 0.343 e. The van der Waals surface area contributed by atoms with Gasteiger partial charge in [0, 0.05) is 6.42 Å². The summed E-state index contributed by atoms with van der Waals surface area (Å²) in [7, 11) is 0. The minimum atomic E-state index is -0.522. The number of ether oxygens (including phenoxy) is 3. The molecule has 0 saturated heterocycles. The van der Waals surface area contributed by atoms with Crippen LogP contribution in [-0.2, 0) is 11.2 Å². The molecule has 0 N–H and O–H groups in total. The van der Waals surface area contributed by atoms with Crippen molar-refractivity contribution in [3.05, 3.63) is 95.6 Å². The van der Waals surface area contributed by atoms with Gasteiger partial charge in [0.2, 0.25) is 0 Å². The van der Waals surface area contributed by atoms with Gasteiger partial charge in [-0.05, 0) is 48.4 Å². The van der Waals surface area contributed by atoms with Crippen LogP contribution in [0.1, 0.15) is 39.6 Å². The second-order valence-corrected chi connectivity index (χ2v) is 6.67. The third kappa shape index (κ3) is 6.21. The van der Waals surface area contributed by atoms with Crippen molar-refractivity contribution < 1.29 is 23.8 Å². The Hall–Kier alpha value is -3.60. The van der Waals surface area contributed by atoms with Gasteiger partial charge in [-0.25, -0.2) is 9.59 Å². The molecular formula is C25H24O5. The van der Waals surface area contributed by atoms with E-state index in [1.54, 1.807) is 42.5 Å². The molecule has 5 nitrogen and oxygen atoms in total. The van der Waals surface area contributed by atoms with Crippen LogP contribution in [0.25, 0.3) is 0 Å². The highest BCUT2D eigenvalue weighted by Gasteiger charge is 2.13. The minimum Gasteiger partial charge on any atom is -0.494 e. The topological polar surface area (TPSA) is 61.8 Å². The number of esters is 2. The van der Waals surface area contributed by atoms with E-state index in [-0.39, 0.29) is 12.4 Å². The maximum Gasteiger partial charge on any atom is 0.343 e. The molecule has 0 aromatic heterocycles. The van der Waals surface area contributed by atoms with Gasteiger partial charge in [0.05, 0.1) is 24.3 Å². The Morgan fingerprint density at radius 1 is 0.733 bits per heavy atom. The quantitative estimate of drug-likeness (QED) is 0.367. The van der Waals surface area contributed by atoms with E-state index >= 15 is 0 Å². The SMILES string of the molecule is CCCOc1cccc(C(=O)Oc2cccc(C(=O)OCCc3ccccc3)c2)c1. The van der Waals surface area contributed by atoms with Gasteiger partial charge < -0.3 is 14.2 Å². The fourth-order valence-corrected chi connectivity index (χ4v) is 2.77. The molecule has 5 heteroatoms. The van der Waals surface area contributed by atoms with Gasteiger partial charge in [-0.2, -0.15) is 0 Å². The summed E-state index contributed by atoms with van der Waals surface area (Å²) in [6, 6.07) is 23.0. The predicted octanol–water partition coefficient (Wildman–Crippen LogP) is 5.09. The lowest BCUT2D eigenvalue weighted by molar-refractivity contribution is 0.0507. The molecule has 0 unspecified atom stereocenters. The molecule has 154 valence electrons. The van der Waals surface area contributed by atoms with Crippen molar-refractivity contribution in [2.75, 3.05) is 13.2 Å². The second-order valence-electron chi connectivity index (χ2n) is 6.67. The normalized spacial score (nSPS) is 10.3. The Morgan fingerprint density at radius 2 is 1.40 bits per heavy atom.